The Labute approximate surface area is 250 Å². The largest absolute Gasteiger partial charge is 0.491 e. The van der Waals surface area contributed by atoms with Gasteiger partial charge in [-0.25, -0.2) is 0 Å². The maximum atomic E-state index is 12.0. The van der Waals surface area contributed by atoms with Crippen LogP contribution in [0.15, 0.2) is 48.5 Å². The number of carbonyl (C=O) groups is 2. The smallest absolute Gasteiger partial charge is 0.229 e. The molecule has 2 unspecified atom stereocenters. The van der Waals surface area contributed by atoms with E-state index in [9.17, 15) is 14.7 Å². The van der Waals surface area contributed by atoms with Crippen LogP contribution in [0.1, 0.15) is 19.8 Å². The number of hydrogen-bond acceptors (Lipinski definition) is 7. The Bertz CT molecular complexity index is 1020. The van der Waals surface area contributed by atoms with Crippen molar-refractivity contribution in [3.05, 3.63) is 48.5 Å². The molecule has 2 amide bonds. The zero-order valence-corrected chi connectivity index (χ0v) is 26.5. The number of benzene rings is 2. The van der Waals surface area contributed by atoms with Crippen molar-refractivity contribution in [3.63, 3.8) is 0 Å². The van der Waals surface area contributed by atoms with Gasteiger partial charge in [-0.15, -0.1) is 0 Å². The molecule has 228 valence electrons. The molecule has 0 aromatic heterocycles. The summed E-state index contributed by atoms with van der Waals surface area (Å²) in [5.41, 5.74) is 1.43. The highest BCUT2D eigenvalue weighted by Gasteiger charge is 2.15. The van der Waals surface area contributed by atoms with Crippen LogP contribution in [0.25, 0.3) is 0 Å². The minimum atomic E-state index is -0.852. The van der Waals surface area contributed by atoms with Gasteiger partial charge in [0.15, 0.2) is 0 Å². The lowest BCUT2D eigenvalue weighted by Gasteiger charge is -2.21. The number of aliphatic hydroxyl groups is 1. The van der Waals surface area contributed by atoms with Crippen molar-refractivity contribution >= 4 is 45.0 Å². The minimum Gasteiger partial charge on any atom is -0.491 e. The van der Waals surface area contributed by atoms with Gasteiger partial charge in [-0.1, -0.05) is 0 Å². The molecule has 2 aromatic carbocycles. The molecule has 0 saturated carbocycles. The summed E-state index contributed by atoms with van der Waals surface area (Å²) in [5.74, 6) is 2.97. The molecule has 9 nitrogen and oxygen atoms in total. The first-order valence-corrected chi connectivity index (χ1v) is 18.1. The van der Waals surface area contributed by atoms with Crippen LogP contribution < -0.4 is 20.1 Å². The average Bonchev–Trinajstić information content (AvgIpc) is 2.95. The molecule has 0 fully saturated rings. The first kappa shape index (κ1) is 34.8. The molecule has 0 bridgehead atoms. The lowest BCUT2D eigenvalue weighted by atomic mass is 10.3. The van der Waals surface area contributed by atoms with E-state index >= 15 is 0 Å². The highest BCUT2D eigenvalue weighted by molar-refractivity contribution is 7.95. The molecular weight excluding hydrogens is 564 g/mol. The molecule has 2 rings (SSSR count). The number of aliphatic hydroxyl groups excluding tert-OH is 1. The highest BCUT2D eigenvalue weighted by Crippen LogP contribution is 2.18. The molecule has 2 aromatic rings. The number of ether oxygens (including phenoxy) is 4. The van der Waals surface area contributed by atoms with Crippen LogP contribution in [-0.2, 0) is 40.9 Å². The summed E-state index contributed by atoms with van der Waals surface area (Å²) >= 11 is 0. The van der Waals surface area contributed by atoms with Crippen molar-refractivity contribution < 1.29 is 33.6 Å². The molecule has 0 aliphatic heterocycles. The van der Waals surface area contributed by atoms with Gasteiger partial charge in [0.1, 0.15) is 48.4 Å². The van der Waals surface area contributed by atoms with E-state index in [-0.39, 0.29) is 59.5 Å². The van der Waals surface area contributed by atoms with Crippen molar-refractivity contribution in [1.82, 2.24) is 0 Å². The monoisotopic (exact) mass is 610 g/mol. The van der Waals surface area contributed by atoms with Crippen LogP contribution in [0.5, 0.6) is 11.5 Å². The lowest BCUT2D eigenvalue weighted by Crippen LogP contribution is -2.32. The van der Waals surface area contributed by atoms with Crippen LogP contribution >= 0.6 is 0 Å². The molecule has 2 atom stereocenters. The number of hydrogen-bond donors (Lipinski definition) is 3. The predicted molar refractivity (Wildman–Crippen MR) is 171 cm³/mol. The minimum absolute atomic E-state index is 0.00344. The van der Waals surface area contributed by atoms with Crippen molar-refractivity contribution in [2.75, 3.05) is 80.2 Å². The summed E-state index contributed by atoms with van der Waals surface area (Å²) in [5, 5.41) is 16.2. The van der Waals surface area contributed by atoms with Gasteiger partial charge in [-0.05, 0) is 77.2 Å². The SMILES string of the molecule is CCOCC(COc1ccc(NC(=O)CC[S+](C)C)cc1)OCC(O)COc1ccc(NC(=O)CC[S+](C)C)cc1. The molecule has 0 radical (unpaired) electrons. The summed E-state index contributed by atoms with van der Waals surface area (Å²) in [7, 11) is 0.469. The Morgan fingerprint density at radius 3 is 1.63 bits per heavy atom. The van der Waals surface area contributed by atoms with E-state index in [1.807, 2.05) is 6.92 Å². The maximum absolute atomic E-state index is 12.0. The summed E-state index contributed by atoms with van der Waals surface area (Å²) in [6, 6.07) is 14.2. The van der Waals surface area contributed by atoms with E-state index in [1.165, 1.54) is 0 Å². The maximum Gasteiger partial charge on any atom is 0.229 e. The number of rotatable bonds is 20. The predicted octanol–water partition coefficient (Wildman–Crippen LogP) is 3.34. The van der Waals surface area contributed by atoms with E-state index in [0.29, 0.717) is 43.2 Å². The number of anilines is 2. The second-order valence-electron chi connectivity index (χ2n) is 9.92. The zero-order chi connectivity index (χ0) is 30.0. The third-order valence-corrected chi connectivity index (χ3v) is 7.70. The average molecular weight is 611 g/mol. The standard InChI is InChI=1S/C30H44N2O7S2/c1-6-36-21-28(22-39-27-13-9-24(10-14-27)32-30(35)16-18-41(4)5)38-20-25(33)19-37-26-11-7-23(8-12-26)31-29(34)15-17-40(2)3/h7-14,25,28,33H,6,15-22H2,1-5H3/p+2. The number of carbonyl (C=O) groups excluding carboxylic acids is 2. The first-order valence-electron chi connectivity index (χ1n) is 13.7. The van der Waals surface area contributed by atoms with Gasteiger partial charge in [0, 0.05) is 18.0 Å². The summed E-state index contributed by atoms with van der Waals surface area (Å²) in [4.78, 5) is 24.1. The molecular formula is C30H46N2O7S2+2. The lowest BCUT2D eigenvalue weighted by molar-refractivity contribution is -0.116. The fraction of sp³-hybridized carbons (Fsp3) is 0.533. The highest BCUT2D eigenvalue weighted by atomic mass is 32.2. The molecule has 0 aliphatic carbocycles. The van der Waals surface area contributed by atoms with Crippen LogP contribution in [0, 0.1) is 0 Å². The van der Waals surface area contributed by atoms with Crippen LogP contribution in [-0.4, -0.2) is 98.7 Å². The fourth-order valence-corrected chi connectivity index (χ4v) is 4.57. The van der Waals surface area contributed by atoms with E-state index < -0.39 is 6.10 Å². The van der Waals surface area contributed by atoms with E-state index in [2.05, 4.69) is 35.7 Å². The molecule has 0 heterocycles. The van der Waals surface area contributed by atoms with E-state index in [4.69, 9.17) is 18.9 Å². The normalized spacial score (nSPS) is 12.7. The Kier molecular flexibility index (Phi) is 16.7. The molecule has 11 heteroatoms. The summed E-state index contributed by atoms with van der Waals surface area (Å²) in [6.45, 7) is 3.09. The number of amides is 2. The van der Waals surface area contributed by atoms with Gasteiger partial charge >= 0.3 is 0 Å². The zero-order valence-electron chi connectivity index (χ0n) is 24.9. The quantitative estimate of drug-likeness (QED) is 0.197. The van der Waals surface area contributed by atoms with Gasteiger partial charge in [0.25, 0.3) is 0 Å². The molecule has 0 aliphatic rings. The van der Waals surface area contributed by atoms with Gasteiger partial charge in [0.2, 0.25) is 11.8 Å². The Morgan fingerprint density at radius 2 is 1.20 bits per heavy atom. The third kappa shape index (κ3) is 16.0. The molecule has 41 heavy (non-hydrogen) atoms. The second-order valence-corrected chi connectivity index (χ2v) is 14.7. The first-order chi connectivity index (χ1) is 19.6. The molecule has 3 N–H and O–H groups in total. The topological polar surface area (TPSA) is 115 Å². The van der Waals surface area contributed by atoms with E-state index in [1.54, 1.807) is 48.5 Å². The fourth-order valence-electron chi connectivity index (χ4n) is 3.38. The Hall–Kier alpha value is -2.44. The second kappa shape index (κ2) is 19.6. The van der Waals surface area contributed by atoms with Gasteiger partial charge < -0.3 is 34.7 Å². The molecule has 0 saturated heterocycles. The van der Waals surface area contributed by atoms with Crippen LogP contribution in [0.4, 0.5) is 11.4 Å². The Balaban J connectivity index is 1.74. The van der Waals surface area contributed by atoms with Crippen molar-refractivity contribution in [1.29, 1.82) is 0 Å². The van der Waals surface area contributed by atoms with Gasteiger partial charge in [0.05, 0.1) is 51.1 Å². The van der Waals surface area contributed by atoms with Crippen molar-refractivity contribution in [3.8, 4) is 11.5 Å². The summed E-state index contributed by atoms with van der Waals surface area (Å²) in [6.07, 6.45) is 8.24. The van der Waals surface area contributed by atoms with Crippen LogP contribution in [0.3, 0.4) is 0 Å². The van der Waals surface area contributed by atoms with Crippen molar-refractivity contribution in [2.45, 2.75) is 32.0 Å². The van der Waals surface area contributed by atoms with Crippen molar-refractivity contribution in [2.24, 2.45) is 0 Å². The molecule has 0 spiro atoms. The Morgan fingerprint density at radius 1 is 0.732 bits per heavy atom. The van der Waals surface area contributed by atoms with E-state index in [0.717, 1.165) is 17.2 Å². The summed E-state index contributed by atoms with van der Waals surface area (Å²) < 4.78 is 22.9. The van der Waals surface area contributed by atoms with Crippen LogP contribution in [0.2, 0.25) is 0 Å². The van der Waals surface area contributed by atoms with Gasteiger partial charge in [-0.3, -0.25) is 9.59 Å². The van der Waals surface area contributed by atoms with Gasteiger partial charge in [-0.2, -0.15) is 0 Å². The third-order valence-electron chi connectivity index (χ3n) is 5.66. The number of nitrogens with one attached hydrogen (secondary N) is 2.